The number of carbonyl (C=O) groups is 1. The minimum absolute atomic E-state index is 0.0832. The largest absolute Gasteiger partial charge is 0.494 e. The van der Waals surface area contributed by atoms with E-state index in [1.165, 1.54) is 47.8 Å². The Hall–Kier alpha value is -3.13. The van der Waals surface area contributed by atoms with E-state index in [1.807, 2.05) is 13.8 Å². The van der Waals surface area contributed by atoms with Crippen molar-refractivity contribution in [2.24, 2.45) is 12.0 Å². The average Bonchev–Trinajstić information content (AvgIpc) is 3.12. The number of hydrogen-bond donors (Lipinski definition) is 0. The first kappa shape index (κ1) is 25.0. The lowest BCUT2D eigenvalue weighted by Crippen LogP contribution is -2.48. The van der Waals surface area contributed by atoms with Crippen molar-refractivity contribution >= 4 is 43.2 Å². The van der Waals surface area contributed by atoms with Crippen molar-refractivity contribution in [3.63, 3.8) is 0 Å². The number of nitrogens with zero attached hydrogens (tertiary/aromatic N) is 4. The van der Waals surface area contributed by atoms with E-state index in [0.29, 0.717) is 20.8 Å². The fourth-order valence-electron chi connectivity index (χ4n) is 4.00. The molecule has 11 nitrogen and oxygen atoms in total. The SMILES string of the molecule is COc1cc([N+](=O)[O-])cc2sc(=NC(=O)c3ccc(S(=O)(=O)N4CC(C)OC(C)C4)cc3)n(C)c12. The first-order valence-electron chi connectivity index (χ1n) is 10.7. The maximum atomic E-state index is 13.0. The van der Waals surface area contributed by atoms with Gasteiger partial charge in [0.1, 0.15) is 5.52 Å². The van der Waals surface area contributed by atoms with Crippen molar-refractivity contribution in [2.45, 2.75) is 31.0 Å². The molecule has 0 N–H and O–H groups in total. The Labute approximate surface area is 205 Å². The maximum Gasteiger partial charge on any atom is 0.279 e. The predicted molar refractivity (Wildman–Crippen MR) is 129 cm³/mol. The van der Waals surface area contributed by atoms with Gasteiger partial charge in [0.25, 0.3) is 11.6 Å². The molecule has 0 saturated carbocycles. The Morgan fingerprint density at radius 1 is 1.20 bits per heavy atom. The summed E-state index contributed by atoms with van der Waals surface area (Å²) in [6.07, 6.45) is -0.425. The van der Waals surface area contributed by atoms with Crippen LogP contribution in [0.5, 0.6) is 5.75 Å². The van der Waals surface area contributed by atoms with Crippen LogP contribution in [0.3, 0.4) is 0 Å². The lowest BCUT2D eigenvalue weighted by Gasteiger charge is -2.34. The van der Waals surface area contributed by atoms with E-state index in [9.17, 15) is 23.3 Å². The van der Waals surface area contributed by atoms with Crippen molar-refractivity contribution in [2.75, 3.05) is 20.2 Å². The zero-order valence-electron chi connectivity index (χ0n) is 19.5. The van der Waals surface area contributed by atoms with E-state index < -0.39 is 20.9 Å². The monoisotopic (exact) mass is 520 g/mol. The molecule has 0 spiro atoms. The van der Waals surface area contributed by atoms with Gasteiger partial charge in [-0.15, -0.1) is 0 Å². The lowest BCUT2D eigenvalue weighted by molar-refractivity contribution is -0.384. The van der Waals surface area contributed by atoms with Crippen LogP contribution in [0.25, 0.3) is 10.2 Å². The Balaban J connectivity index is 1.65. The van der Waals surface area contributed by atoms with Gasteiger partial charge in [-0.1, -0.05) is 11.3 Å². The van der Waals surface area contributed by atoms with E-state index in [-0.39, 0.29) is 41.4 Å². The Morgan fingerprint density at radius 3 is 2.40 bits per heavy atom. The van der Waals surface area contributed by atoms with Gasteiger partial charge in [0.05, 0.1) is 39.9 Å². The van der Waals surface area contributed by atoms with Crippen LogP contribution in [0.4, 0.5) is 5.69 Å². The topological polar surface area (TPSA) is 133 Å². The Kier molecular flexibility index (Phi) is 6.77. The second-order valence-corrected chi connectivity index (χ2v) is 11.2. The molecule has 1 aliphatic heterocycles. The Bertz CT molecular complexity index is 1470. The molecule has 1 aliphatic rings. The summed E-state index contributed by atoms with van der Waals surface area (Å²) >= 11 is 1.11. The molecule has 2 unspecified atom stereocenters. The average molecular weight is 521 g/mol. The molecule has 0 radical (unpaired) electrons. The van der Waals surface area contributed by atoms with Crippen molar-refractivity contribution < 1.29 is 27.6 Å². The summed E-state index contributed by atoms with van der Waals surface area (Å²) in [5, 5.41) is 11.2. The minimum Gasteiger partial charge on any atom is -0.494 e. The number of nitro benzene ring substituents is 1. The predicted octanol–water partition coefficient (Wildman–Crippen LogP) is 2.70. The summed E-state index contributed by atoms with van der Waals surface area (Å²) < 4.78 is 40.5. The molecule has 13 heteroatoms. The van der Waals surface area contributed by atoms with Crippen molar-refractivity contribution in [3.05, 3.63) is 56.9 Å². The molecule has 3 aromatic rings. The number of methoxy groups -OCH3 is 1. The van der Waals surface area contributed by atoms with Crippen LogP contribution in [-0.2, 0) is 21.8 Å². The molecular weight excluding hydrogens is 496 g/mol. The highest BCUT2D eigenvalue weighted by atomic mass is 32.2. The minimum atomic E-state index is -3.73. The molecule has 1 aromatic heterocycles. The first-order valence-corrected chi connectivity index (χ1v) is 12.9. The summed E-state index contributed by atoms with van der Waals surface area (Å²) in [6.45, 7) is 4.16. The molecule has 2 heterocycles. The fourth-order valence-corrected chi connectivity index (χ4v) is 6.65. The number of aryl methyl sites for hydroxylation is 1. The van der Waals surface area contributed by atoms with E-state index in [1.54, 1.807) is 11.6 Å². The summed E-state index contributed by atoms with van der Waals surface area (Å²) in [5.74, 6) is -0.277. The number of fused-ring (bicyclic) bond motifs is 1. The lowest BCUT2D eigenvalue weighted by atomic mass is 10.2. The molecule has 186 valence electrons. The number of amides is 1. The zero-order valence-corrected chi connectivity index (χ0v) is 21.1. The third-order valence-electron chi connectivity index (χ3n) is 5.60. The fraction of sp³-hybridized carbons (Fsp3) is 0.364. The number of sulfonamides is 1. The highest BCUT2D eigenvalue weighted by molar-refractivity contribution is 7.89. The Morgan fingerprint density at radius 2 is 1.83 bits per heavy atom. The standard InChI is InChI=1S/C22H24N4O7S2/c1-13-11-25(12-14(2)33-13)35(30,31)17-7-5-15(6-8-17)21(27)23-22-24(3)20-18(32-4)9-16(26(28)29)10-19(20)34-22/h5-10,13-14H,11-12H2,1-4H3. The van der Waals surface area contributed by atoms with Gasteiger partial charge < -0.3 is 14.0 Å². The normalized spacial score (nSPS) is 19.7. The number of carbonyl (C=O) groups excluding carboxylic acids is 1. The molecule has 1 amide bonds. The van der Waals surface area contributed by atoms with Gasteiger partial charge in [-0.25, -0.2) is 8.42 Å². The summed E-state index contributed by atoms with van der Waals surface area (Å²) in [4.78, 5) is 28.1. The van der Waals surface area contributed by atoms with Crippen LogP contribution in [0.1, 0.15) is 24.2 Å². The highest BCUT2D eigenvalue weighted by Crippen LogP contribution is 2.32. The second kappa shape index (κ2) is 9.49. The number of rotatable bonds is 5. The molecular formula is C22H24N4O7S2. The van der Waals surface area contributed by atoms with Gasteiger partial charge in [-0.3, -0.25) is 14.9 Å². The number of nitro groups is 1. The van der Waals surface area contributed by atoms with Crippen LogP contribution < -0.4 is 9.54 Å². The smallest absolute Gasteiger partial charge is 0.279 e. The van der Waals surface area contributed by atoms with Gasteiger partial charge in [0, 0.05) is 31.8 Å². The number of ether oxygens (including phenoxy) is 2. The molecule has 2 aromatic carbocycles. The number of hydrogen-bond acceptors (Lipinski definition) is 8. The number of thiazole rings is 1. The van der Waals surface area contributed by atoms with Crippen LogP contribution >= 0.6 is 11.3 Å². The van der Waals surface area contributed by atoms with Crippen LogP contribution in [0, 0.1) is 10.1 Å². The van der Waals surface area contributed by atoms with Crippen LogP contribution in [0.2, 0.25) is 0 Å². The van der Waals surface area contributed by atoms with Crippen LogP contribution in [-0.4, -0.2) is 60.5 Å². The summed E-state index contributed by atoms with van der Waals surface area (Å²) in [7, 11) is -0.643. The van der Waals surface area contributed by atoms with Gasteiger partial charge >= 0.3 is 0 Å². The van der Waals surface area contributed by atoms with E-state index >= 15 is 0 Å². The van der Waals surface area contributed by atoms with E-state index in [2.05, 4.69) is 4.99 Å². The molecule has 35 heavy (non-hydrogen) atoms. The van der Waals surface area contributed by atoms with Crippen LogP contribution in [0.15, 0.2) is 46.3 Å². The zero-order chi connectivity index (χ0) is 25.5. The summed E-state index contributed by atoms with van der Waals surface area (Å²) in [6, 6.07) is 8.34. The van der Waals surface area contributed by atoms with Gasteiger partial charge in [-0.2, -0.15) is 9.30 Å². The number of morpholine rings is 1. The van der Waals surface area contributed by atoms with Gasteiger partial charge in [0.2, 0.25) is 10.0 Å². The van der Waals surface area contributed by atoms with Gasteiger partial charge in [0.15, 0.2) is 10.6 Å². The molecule has 1 saturated heterocycles. The molecule has 0 aliphatic carbocycles. The molecule has 2 atom stereocenters. The molecule has 0 bridgehead atoms. The van der Waals surface area contributed by atoms with E-state index in [0.717, 1.165) is 11.3 Å². The quantitative estimate of drug-likeness (QED) is 0.373. The number of non-ortho nitro benzene ring substituents is 1. The third kappa shape index (κ3) is 4.85. The first-order chi connectivity index (χ1) is 16.5. The van der Waals surface area contributed by atoms with Gasteiger partial charge in [-0.05, 0) is 38.1 Å². The van der Waals surface area contributed by atoms with Crippen molar-refractivity contribution in [1.29, 1.82) is 0 Å². The molecule has 4 rings (SSSR count). The highest BCUT2D eigenvalue weighted by Gasteiger charge is 2.32. The van der Waals surface area contributed by atoms with E-state index in [4.69, 9.17) is 9.47 Å². The van der Waals surface area contributed by atoms with Crippen molar-refractivity contribution in [1.82, 2.24) is 8.87 Å². The number of aromatic nitrogens is 1. The van der Waals surface area contributed by atoms with Crippen molar-refractivity contribution in [3.8, 4) is 5.75 Å². The summed E-state index contributed by atoms with van der Waals surface area (Å²) in [5.41, 5.74) is 0.656. The second-order valence-electron chi connectivity index (χ2n) is 8.22. The third-order valence-corrected chi connectivity index (χ3v) is 8.53. The molecule has 1 fully saturated rings. The number of benzene rings is 2. The maximum absolute atomic E-state index is 13.0.